The van der Waals surface area contributed by atoms with Crippen molar-refractivity contribution in [2.24, 2.45) is 5.92 Å². The molecule has 3 aliphatic rings. The molecule has 1 spiro atoms. The van der Waals surface area contributed by atoms with Gasteiger partial charge in [-0.15, -0.1) is 0 Å². The molecule has 3 nitrogen and oxygen atoms in total. The van der Waals surface area contributed by atoms with E-state index < -0.39 is 11.5 Å². The second kappa shape index (κ2) is 4.64. The van der Waals surface area contributed by atoms with Crippen LogP contribution in [0, 0.1) is 5.92 Å². The van der Waals surface area contributed by atoms with E-state index in [2.05, 4.69) is 0 Å². The third-order valence-corrected chi connectivity index (χ3v) is 6.34. The number of Topliss-reactive ketones (excluding diaryl/α,β-unsaturated/α-hetero) is 2. The Kier molecular flexibility index (Phi) is 2.73. The maximum atomic E-state index is 13.2. The molecule has 3 aliphatic carbocycles. The lowest BCUT2D eigenvalue weighted by atomic mass is 9.60. The number of hydrogen-bond donors (Lipinski definition) is 1. The van der Waals surface area contributed by atoms with Crippen molar-refractivity contribution in [3.63, 3.8) is 0 Å². The molecule has 0 aliphatic heterocycles. The first-order valence-electron chi connectivity index (χ1n) is 8.58. The predicted molar refractivity (Wildman–Crippen MR) is 89.1 cm³/mol. The summed E-state index contributed by atoms with van der Waals surface area (Å²) in [5.41, 5.74) is 2.78. The summed E-state index contributed by atoms with van der Waals surface area (Å²) >= 11 is 0. The fraction of sp³-hybridized carbons (Fsp3) is 0.333. The predicted octanol–water partition coefficient (Wildman–Crippen LogP) is 2.80. The van der Waals surface area contributed by atoms with Crippen LogP contribution >= 0.6 is 0 Å². The molecule has 5 rings (SSSR count). The van der Waals surface area contributed by atoms with Crippen LogP contribution in [-0.2, 0) is 16.6 Å². The van der Waals surface area contributed by atoms with Crippen LogP contribution < -0.4 is 0 Å². The Hall–Kier alpha value is -2.26. The van der Waals surface area contributed by atoms with Crippen LogP contribution in [0.15, 0.2) is 48.5 Å². The Morgan fingerprint density at radius 3 is 2.58 bits per heavy atom. The summed E-state index contributed by atoms with van der Waals surface area (Å²) in [6.45, 7) is 0. The molecule has 0 bridgehead atoms. The van der Waals surface area contributed by atoms with E-state index >= 15 is 0 Å². The number of aliphatic hydroxyl groups excluding tert-OH is 1. The van der Waals surface area contributed by atoms with Gasteiger partial charge in [-0.05, 0) is 29.5 Å². The number of hydrogen-bond acceptors (Lipinski definition) is 3. The van der Waals surface area contributed by atoms with E-state index in [0.29, 0.717) is 12.8 Å². The average molecular weight is 318 g/mol. The Bertz CT molecular complexity index is 884. The number of carbonyl (C=O) groups is 2. The zero-order valence-electron chi connectivity index (χ0n) is 13.2. The number of fused-ring (bicyclic) bond motifs is 6. The Labute approximate surface area is 140 Å². The molecule has 0 aromatic heterocycles. The van der Waals surface area contributed by atoms with Crippen molar-refractivity contribution in [3.05, 3.63) is 70.8 Å². The van der Waals surface area contributed by atoms with Crippen LogP contribution in [0.4, 0.5) is 0 Å². The van der Waals surface area contributed by atoms with E-state index in [1.54, 1.807) is 0 Å². The summed E-state index contributed by atoms with van der Waals surface area (Å²) in [6, 6.07) is 15.5. The average Bonchev–Trinajstić information content (AvgIpc) is 3.06. The van der Waals surface area contributed by atoms with Gasteiger partial charge in [0.05, 0.1) is 11.5 Å². The monoisotopic (exact) mass is 318 g/mol. The topological polar surface area (TPSA) is 54.4 Å². The van der Waals surface area contributed by atoms with Gasteiger partial charge in [0, 0.05) is 23.8 Å². The van der Waals surface area contributed by atoms with Crippen LogP contribution in [0.3, 0.4) is 0 Å². The molecule has 120 valence electrons. The van der Waals surface area contributed by atoms with Crippen molar-refractivity contribution in [3.8, 4) is 0 Å². The summed E-state index contributed by atoms with van der Waals surface area (Å²) in [6.07, 6.45) is 0.737. The maximum Gasteiger partial charge on any atom is 0.166 e. The van der Waals surface area contributed by atoms with Gasteiger partial charge in [-0.3, -0.25) is 9.59 Å². The van der Waals surface area contributed by atoms with Crippen LogP contribution in [0.5, 0.6) is 0 Å². The summed E-state index contributed by atoms with van der Waals surface area (Å²) < 4.78 is 0. The fourth-order valence-corrected chi connectivity index (χ4v) is 5.45. The number of aliphatic hydroxyl groups is 1. The minimum absolute atomic E-state index is 0.0855. The van der Waals surface area contributed by atoms with Gasteiger partial charge in [-0.25, -0.2) is 0 Å². The molecule has 3 heteroatoms. The van der Waals surface area contributed by atoms with Gasteiger partial charge in [0.15, 0.2) is 5.78 Å². The smallest absolute Gasteiger partial charge is 0.166 e. The van der Waals surface area contributed by atoms with Crippen LogP contribution in [0.25, 0.3) is 0 Å². The first-order chi connectivity index (χ1) is 11.7. The zero-order valence-corrected chi connectivity index (χ0v) is 13.2. The summed E-state index contributed by atoms with van der Waals surface area (Å²) in [5.74, 6) is -0.342. The van der Waals surface area contributed by atoms with Gasteiger partial charge in [0.1, 0.15) is 5.78 Å². The molecule has 1 saturated carbocycles. The quantitative estimate of drug-likeness (QED) is 0.812. The molecule has 2 aromatic carbocycles. The molecular weight excluding hydrogens is 300 g/mol. The van der Waals surface area contributed by atoms with E-state index in [0.717, 1.165) is 28.7 Å². The van der Waals surface area contributed by atoms with Crippen molar-refractivity contribution < 1.29 is 14.7 Å². The molecule has 0 heterocycles. The second-order valence-corrected chi connectivity index (χ2v) is 7.24. The molecule has 0 radical (unpaired) electrons. The molecule has 1 N–H and O–H groups in total. The van der Waals surface area contributed by atoms with Crippen LogP contribution in [0.1, 0.15) is 45.8 Å². The first-order valence-corrected chi connectivity index (χ1v) is 8.58. The number of carbonyl (C=O) groups excluding carboxylic acids is 2. The third-order valence-electron chi connectivity index (χ3n) is 6.34. The molecule has 0 unspecified atom stereocenters. The molecule has 1 fully saturated rings. The Balaban J connectivity index is 1.83. The number of rotatable bonds is 0. The van der Waals surface area contributed by atoms with Crippen molar-refractivity contribution in [2.45, 2.75) is 36.7 Å². The lowest BCUT2D eigenvalue weighted by molar-refractivity contribution is -0.129. The van der Waals surface area contributed by atoms with E-state index in [9.17, 15) is 14.7 Å². The number of benzene rings is 2. The standard InChI is InChI=1S/C21H18O3/c22-17-10-9-12-5-1-4-8-16(12)21(17)18(23)11-15-19(21)13-6-2-3-7-14(13)20(15)24/h1-8,15,18-19,23H,9-11H2/t15-,18-,19-,21-/m1/s1. The summed E-state index contributed by atoms with van der Waals surface area (Å²) in [4.78, 5) is 26.0. The van der Waals surface area contributed by atoms with Crippen LogP contribution in [0.2, 0.25) is 0 Å². The third kappa shape index (κ3) is 1.47. The maximum absolute atomic E-state index is 13.2. The normalized spacial score (nSPS) is 33.5. The van der Waals surface area contributed by atoms with E-state index in [4.69, 9.17) is 0 Å². The summed E-state index contributed by atoms with van der Waals surface area (Å²) in [5, 5.41) is 11.0. The molecule has 24 heavy (non-hydrogen) atoms. The number of aryl methyl sites for hydroxylation is 1. The van der Waals surface area contributed by atoms with Gasteiger partial charge < -0.3 is 5.11 Å². The largest absolute Gasteiger partial charge is 0.392 e. The lowest BCUT2D eigenvalue weighted by Gasteiger charge is -2.41. The fourth-order valence-electron chi connectivity index (χ4n) is 5.45. The van der Waals surface area contributed by atoms with Crippen molar-refractivity contribution in [1.29, 1.82) is 0 Å². The number of ketones is 2. The van der Waals surface area contributed by atoms with Gasteiger partial charge >= 0.3 is 0 Å². The highest BCUT2D eigenvalue weighted by atomic mass is 16.3. The van der Waals surface area contributed by atoms with Gasteiger partial charge in [-0.1, -0.05) is 48.5 Å². The minimum atomic E-state index is -0.957. The molecular formula is C21H18O3. The van der Waals surface area contributed by atoms with Crippen molar-refractivity contribution in [2.75, 3.05) is 0 Å². The highest BCUT2D eigenvalue weighted by Crippen LogP contribution is 2.61. The second-order valence-electron chi connectivity index (χ2n) is 7.24. The van der Waals surface area contributed by atoms with Gasteiger partial charge in [-0.2, -0.15) is 0 Å². The Morgan fingerprint density at radius 2 is 1.71 bits per heavy atom. The lowest BCUT2D eigenvalue weighted by Crippen LogP contribution is -2.49. The molecule has 0 saturated heterocycles. The van der Waals surface area contributed by atoms with Gasteiger partial charge in [0.2, 0.25) is 0 Å². The SMILES string of the molecule is O=C1c2ccccc2[C@@H]2[C@H]1C[C@@H](O)[C@@]21C(=O)CCc2ccccc21. The highest BCUT2D eigenvalue weighted by molar-refractivity contribution is 6.07. The summed E-state index contributed by atoms with van der Waals surface area (Å²) in [7, 11) is 0. The first kappa shape index (κ1) is 14.1. The highest BCUT2D eigenvalue weighted by Gasteiger charge is 2.65. The molecule has 4 atom stereocenters. The van der Waals surface area contributed by atoms with Crippen LogP contribution in [-0.4, -0.2) is 22.8 Å². The zero-order chi connectivity index (χ0) is 16.5. The minimum Gasteiger partial charge on any atom is -0.392 e. The molecule has 0 amide bonds. The van der Waals surface area contributed by atoms with E-state index in [1.807, 2.05) is 48.5 Å². The van der Waals surface area contributed by atoms with Gasteiger partial charge in [0.25, 0.3) is 0 Å². The van der Waals surface area contributed by atoms with Crippen molar-refractivity contribution >= 4 is 11.6 Å². The van der Waals surface area contributed by atoms with E-state index in [1.165, 1.54) is 0 Å². The van der Waals surface area contributed by atoms with Crippen molar-refractivity contribution in [1.82, 2.24) is 0 Å². The van der Waals surface area contributed by atoms with E-state index in [-0.39, 0.29) is 23.4 Å². The Morgan fingerprint density at radius 1 is 0.958 bits per heavy atom. The molecule has 2 aromatic rings.